The predicted octanol–water partition coefficient (Wildman–Crippen LogP) is 5.17. The lowest BCUT2D eigenvalue weighted by molar-refractivity contribution is -0.119. The molecule has 3 heterocycles. The quantitative estimate of drug-likeness (QED) is 0.276. The number of aryl methyl sites for hydroxylation is 2. The van der Waals surface area contributed by atoms with Crippen molar-refractivity contribution in [2.75, 3.05) is 11.9 Å². The molecule has 0 radical (unpaired) electrons. The number of halogens is 2. The van der Waals surface area contributed by atoms with Gasteiger partial charge < -0.3 is 15.4 Å². The fraction of sp³-hybridized carbons (Fsp3) is 0.367. The Bertz CT molecular complexity index is 1660. The average molecular weight is 577 g/mol. The Kier molecular flexibility index (Phi) is 6.78. The molecule has 1 aliphatic heterocycles. The molecule has 218 valence electrons. The summed E-state index contributed by atoms with van der Waals surface area (Å²) in [7, 11) is 0. The standard InChI is InChI=1S/C30H30F2N6O4/c1-14(2)25-27(38-42-37-25)29(40)34-26(24-23-20(32)11-18(31)12-21(23)41-13-30(24)9-10-30)28(39)33-19-7-5-17(6-8-19)22-15(3)35-36-16(22)4/h5-8,11-12,14,24,26H,9-10,13H2,1-4H3,(H,33,39)(H,34,40)(H,35,36)/t24?,26-/m0/s1. The maximum absolute atomic E-state index is 15.4. The minimum Gasteiger partial charge on any atom is -0.492 e. The van der Waals surface area contributed by atoms with E-state index in [0.29, 0.717) is 24.2 Å². The lowest BCUT2D eigenvalue weighted by Gasteiger charge is -2.38. The topological polar surface area (TPSA) is 135 Å². The van der Waals surface area contributed by atoms with E-state index in [1.165, 1.54) is 0 Å². The highest BCUT2D eigenvalue weighted by Crippen LogP contribution is 2.61. The molecule has 1 spiro atoms. The van der Waals surface area contributed by atoms with Gasteiger partial charge in [-0.25, -0.2) is 13.4 Å². The third-order valence-electron chi connectivity index (χ3n) is 8.18. The first-order valence-corrected chi connectivity index (χ1v) is 13.8. The molecule has 0 bridgehead atoms. The van der Waals surface area contributed by atoms with Gasteiger partial charge in [-0.2, -0.15) is 5.10 Å². The van der Waals surface area contributed by atoms with Gasteiger partial charge in [0.1, 0.15) is 29.1 Å². The van der Waals surface area contributed by atoms with Crippen LogP contribution in [0.25, 0.3) is 11.1 Å². The van der Waals surface area contributed by atoms with Gasteiger partial charge in [0.25, 0.3) is 5.91 Å². The van der Waals surface area contributed by atoms with E-state index in [9.17, 15) is 14.0 Å². The number of rotatable bonds is 7. The second kappa shape index (κ2) is 10.3. The van der Waals surface area contributed by atoms with Crippen molar-refractivity contribution in [3.63, 3.8) is 0 Å². The Morgan fingerprint density at radius 1 is 1.10 bits per heavy atom. The molecule has 12 heteroatoms. The van der Waals surface area contributed by atoms with Crippen molar-refractivity contribution in [3.8, 4) is 16.9 Å². The minimum absolute atomic E-state index is 0.0169. The molecule has 10 nitrogen and oxygen atoms in total. The first-order chi connectivity index (χ1) is 20.1. The van der Waals surface area contributed by atoms with Crippen molar-refractivity contribution in [2.45, 2.75) is 58.4 Å². The number of hydrogen-bond acceptors (Lipinski definition) is 7. The zero-order valence-electron chi connectivity index (χ0n) is 23.5. The Morgan fingerprint density at radius 3 is 2.48 bits per heavy atom. The normalized spacial score (nSPS) is 17.5. The zero-order valence-corrected chi connectivity index (χ0v) is 23.5. The number of benzene rings is 2. The van der Waals surface area contributed by atoms with Crippen molar-refractivity contribution < 1.29 is 27.7 Å². The van der Waals surface area contributed by atoms with E-state index in [1.807, 2.05) is 39.8 Å². The summed E-state index contributed by atoms with van der Waals surface area (Å²) in [5.41, 5.74) is 3.85. The van der Waals surface area contributed by atoms with Crippen LogP contribution in [0.2, 0.25) is 0 Å². The summed E-state index contributed by atoms with van der Waals surface area (Å²) in [6, 6.07) is 7.84. The lowest BCUT2D eigenvalue weighted by atomic mass is 9.75. The molecular weight excluding hydrogens is 546 g/mol. The lowest BCUT2D eigenvalue weighted by Crippen LogP contribution is -2.52. The largest absolute Gasteiger partial charge is 0.492 e. The van der Waals surface area contributed by atoms with Crippen LogP contribution in [0.4, 0.5) is 14.5 Å². The summed E-state index contributed by atoms with van der Waals surface area (Å²) < 4.78 is 40.1. The second-order valence-electron chi connectivity index (χ2n) is 11.4. The summed E-state index contributed by atoms with van der Waals surface area (Å²) in [4.78, 5) is 27.5. The third-order valence-corrected chi connectivity index (χ3v) is 8.18. The van der Waals surface area contributed by atoms with Crippen LogP contribution in [-0.4, -0.2) is 45.0 Å². The molecule has 6 rings (SSSR count). The Hall–Kier alpha value is -4.61. The highest BCUT2D eigenvalue weighted by molar-refractivity contribution is 6.01. The molecule has 42 heavy (non-hydrogen) atoms. The molecule has 3 N–H and O–H groups in total. The van der Waals surface area contributed by atoms with E-state index in [0.717, 1.165) is 34.6 Å². The number of nitrogens with zero attached hydrogens (tertiary/aromatic N) is 3. The van der Waals surface area contributed by atoms with Crippen molar-refractivity contribution in [1.29, 1.82) is 0 Å². The van der Waals surface area contributed by atoms with Gasteiger partial charge in [-0.1, -0.05) is 31.1 Å². The number of H-pyrrole nitrogens is 1. The van der Waals surface area contributed by atoms with Crippen LogP contribution in [0.1, 0.15) is 71.7 Å². The number of amides is 2. The smallest absolute Gasteiger partial charge is 0.276 e. The number of hydrogen-bond donors (Lipinski definition) is 3. The fourth-order valence-corrected chi connectivity index (χ4v) is 5.89. The van der Waals surface area contributed by atoms with Crippen molar-refractivity contribution >= 4 is 17.5 Å². The first kappa shape index (κ1) is 27.6. The SMILES string of the molecule is Cc1n[nH]c(C)c1-c1ccc(NC(=O)[C@@H](NC(=O)c2nonc2C(C)C)C2c3c(F)cc(F)cc3OCC23CC3)cc1. The van der Waals surface area contributed by atoms with Gasteiger partial charge in [-0.05, 0) is 49.5 Å². The molecule has 2 atom stereocenters. The van der Waals surface area contributed by atoms with Crippen molar-refractivity contribution in [3.05, 3.63) is 76.4 Å². The van der Waals surface area contributed by atoms with Crippen LogP contribution in [0.3, 0.4) is 0 Å². The molecule has 0 saturated heterocycles. The Labute approximate surface area is 240 Å². The van der Waals surface area contributed by atoms with E-state index in [-0.39, 0.29) is 29.5 Å². The number of fused-ring (bicyclic) bond motifs is 1. The van der Waals surface area contributed by atoms with Crippen LogP contribution < -0.4 is 15.4 Å². The van der Waals surface area contributed by atoms with Gasteiger partial charge in [0.2, 0.25) is 5.91 Å². The maximum Gasteiger partial charge on any atom is 0.276 e. The van der Waals surface area contributed by atoms with E-state index in [2.05, 4.69) is 31.1 Å². The van der Waals surface area contributed by atoms with Crippen LogP contribution >= 0.6 is 0 Å². The third kappa shape index (κ3) is 4.80. The molecule has 1 fully saturated rings. The number of aromatic amines is 1. The van der Waals surface area contributed by atoms with Crippen LogP contribution in [-0.2, 0) is 4.79 Å². The van der Waals surface area contributed by atoms with Crippen LogP contribution in [0.5, 0.6) is 5.75 Å². The number of aromatic nitrogens is 4. The van der Waals surface area contributed by atoms with Crippen molar-refractivity contribution in [1.82, 2.24) is 25.8 Å². The highest BCUT2D eigenvalue weighted by Gasteiger charge is 2.59. The van der Waals surface area contributed by atoms with E-state index in [4.69, 9.17) is 9.37 Å². The molecule has 4 aromatic rings. The first-order valence-electron chi connectivity index (χ1n) is 13.8. The summed E-state index contributed by atoms with van der Waals surface area (Å²) in [5, 5.41) is 20.5. The Balaban J connectivity index is 1.36. The van der Waals surface area contributed by atoms with Gasteiger partial charge in [0.05, 0.1) is 12.3 Å². The maximum atomic E-state index is 15.4. The number of anilines is 1. The molecule has 2 aliphatic rings. The average Bonchev–Trinajstić information content (AvgIpc) is 3.37. The fourth-order valence-electron chi connectivity index (χ4n) is 5.89. The van der Waals surface area contributed by atoms with E-state index < -0.39 is 40.8 Å². The predicted molar refractivity (Wildman–Crippen MR) is 148 cm³/mol. The van der Waals surface area contributed by atoms with E-state index in [1.54, 1.807) is 12.1 Å². The molecular formula is C30H30F2N6O4. The number of ether oxygens (including phenoxy) is 1. The van der Waals surface area contributed by atoms with Crippen LogP contribution in [0, 0.1) is 30.9 Å². The molecule has 1 aliphatic carbocycles. The summed E-state index contributed by atoms with van der Waals surface area (Å²) in [5.74, 6) is -3.87. The summed E-state index contributed by atoms with van der Waals surface area (Å²) in [6.45, 7) is 7.65. The molecule has 1 saturated carbocycles. The van der Waals surface area contributed by atoms with Crippen molar-refractivity contribution in [2.24, 2.45) is 5.41 Å². The second-order valence-corrected chi connectivity index (χ2v) is 11.4. The van der Waals surface area contributed by atoms with E-state index >= 15 is 4.39 Å². The van der Waals surface area contributed by atoms with Gasteiger partial charge in [-0.15, -0.1) is 0 Å². The molecule has 2 aromatic carbocycles. The van der Waals surface area contributed by atoms with Crippen LogP contribution in [0.15, 0.2) is 41.0 Å². The Morgan fingerprint density at radius 2 is 1.83 bits per heavy atom. The van der Waals surface area contributed by atoms with Gasteiger partial charge in [0, 0.05) is 51.9 Å². The highest BCUT2D eigenvalue weighted by atomic mass is 19.1. The summed E-state index contributed by atoms with van der Waals surface area (Å²) in [6.07, 6.45) is 1.29. The molecule has 1 unspecified atom stereocenters. The van der Waals surface area contributed by atoms with Gasteiger partial charge in [-0.3, -0.25) is 14.7 Å². The number of carbonyl (C=O) groups excluding carboxylic acids is 2. The summed E-state index contributed by atoms with van der Waals surface area (Å²) >= 11 is 0. The van der Waals surface area contributed by atoms with Gasteiger partial charge in [0.15, 0.2) is 5.69 Å². The zero-order chi connectivity index (χ0) is 29.8. The molecule has 2 amide bonds. The molecule has 2 aromatic heterocycles. The number of carbonyl (C=O) groups is 2. The minimum atomic E-state index is -1.25. The number of nitrogens with one attached hydrogen (secondary N) is 3. The van der Waals surface area contributed by atoms with Gasteiger partial charge >= 0.3 is 0 Å². The monoisotopic (exact) mass is 576 g/mol.